The van der Waals surface area contributed by atoms with E-state index in [1.807, 2.05) is 10.6 Å². The zero-order chi connectivity index (χ0) is 59.3. The molecule has 0 bridgehead atoms. The van der Waals surface area contributed by atoms with E-state index in [0.717, 1.165) is 77.7 Å². The second-order valence-corrected chi connectivity index (χ2v) is 21.7. The number of thioether (sulfide) groups is 3. The van der Waals surface area contributed by atoms with Crippen molar-refractivity contribution in [1.82, 2.24) is 94.1 Å². The highest BCUT2D eigenvalue weighted by atomic mass is 32.2. The largest absolute Gasteiger partial charge is 0.454 e. The molecule has 4 atom stereocenters. The molecule has 0 amide bonds. The molecule has 4 unspecified atom stereocenters. The first-order valence-electron chi connectivity index (χ1n) is 25.2. The topological polar surface area (TPSA) is 489 Å². The van der Waals surface area contributed by atoms with Gasteiger partial charge in [0, 0.05) is 31.0 Å². The first-order valence-corrected chi connectivity index (χ1v) is 29.0. The molecule has 440 valence electrons. The second-order valence-electron chi connectivity index (χ2n) is 17.7. The van der Waals surface area contributed by atoms with Crippen LogP contribution in [0.2, 0.25) is 0 Å². The third-order valence-electron chi connectivity index (χ3n) is 12.0. The van der Waals surface area contributed by atoms with Crippen molar-refractivity contribution in [2.24, 2.45) is 0 Å². The number of nitro benzene ring substituents is 1. The molecule has 12 rings (SSSR count). The molecule has 34 nitrogen and oxygen atoms in total. The van der Waals surface area contributed by atoms with E-state index < -0.39 is 36.1 Å². The van der Waals surface area contributed by atoms with Crippen molar-refractivity contribution in [2.45, 2.75) is 89.3 Å². The van der Waals surface area contributed by atoms with E-state index in [0.29, 0.717) is 32.0 Å². The Labute approximate surface area is 490 Å². The fourth-order valence-corrected chi connectivity index (χ4v) is 11.4. The van der Waals surface area contributed by atoms with Gasteiger partial charge in [0.1, 0.15) is 78.3 Å². The van der Waals surface area contributed by atoms with Crippen molar-refractivity contribution in [2.75, 3.05) is 67.6 Å². The van der Waals surface area contributed by atoms with E-state index in [2.05, 4.69) is 96.5 Å². The Morgan fingerprint density at radius 3 is 2.18 bits per heavy atom. The molecule has 1 aromatic carbocycles. The van der Waals surface area contributed by atoms with Crippen molar-refractivity contribution in [3.05, 3.63) is 53.9 Å². The molecular weight excluding hydrogens is 1180 g/mol. The minimum atomic E-state index is -1.35. The number of rotatable bonds is 17. The number of nitrogens with zero attached hydrogens (tertiary/aromatic N) is 19. The Kier molecular flexibility index (Phi) is 20.4. The lowest BCUT2D eigenvalue weighted by Crippen LogP contribution is -2.37. The summed E-state index contributed by atoms with van der Waals surface area (Å²) < 4.78 is 23.8. The van der Waals surface area contributed by atoms with Gasteiger partial charge >= 0.3 is 11.7 Å². The van der Waals surface area contributed by atoms with Crippen LogP contribution in [0.3, 0.4) is 0 Å². The number of morpholine rings is 1. The fraction of sp³-hybridized carbons (Fsp3) is 0.391. The molecule has 11 N–H and O–H groups in total. The summed E-state index contributed by atoms with van der Waals surface area (Å²) in [4.78, 5) is 80.1. The second kappa shape index (κ2) is 28.3. The third kappa shape index (κ3) is 14.6. The number of nitrogen functional groups attached to an aromatic ring is 3. The van der Waals surface area contributed by atoms with Gasteiger partial charge in [-0.2, -0.15) is 20.2 Å². The summed E-state index contributed by atoms with van der Waals surface area (Å²) >= 11 is 5.38. The minimum absolute atomic E-state index is 0.0142. The molecule has 2 aliphatic heterocycles. The number of fused-ring (bicyclic) bond motifs is 5. The number of H-pyrrole nitrogens is 2. The van der Waals surface area contributed by atoms with Crippen LogP contribution in [0, 0.1) is 21.4 Å². The zero-order valence-corrected chi connectivity index (χ0v) is 47.7. The number of nitrogens with one attached hydrogen (secondary N) is 2. The third-order valence-corrected chi connectivity index (χ3v) is 15.7. The summed E-state index contributed by atoms with van der Waals surface area (Å²) in [7, 11) is 0. The van der Waals surface area contributed by atoms with Crippen LogP contribution in [-0.2, 0) is 25.7 Å². The summed E-state index contributed by atoms with van der Waals surface area (Å²) in [6, 6.07) is 4.85. The Morgan fingerprint density at radius 2 is 1.51 bits per heavy atom. The van der Waals surface area contributed by atoms with E-state index in [9.17, 15) is 30.2 Å². The average Bonchev–Trinajstić information content (AvgIpc) is 4.56. The summed E-state index contributed by atoms with van der Waals surface area (Å²) in [5.41, 5.74) is 21.7. The van der Waals surface area contributed by atoms with Crippen LogP contribution >= 0.6 is 47.0 Å². The Hall–Kier alpha value is -8.26. The quantitative estimate of drug-likeness (QED) is 0.0123. The molecule has 11 heterocycles. The number of nitro groups is 1. The molecule has 0 spiro atoms. The molecule has 84 heavy (non-hydrogen) atoms. The van der Waals surface area contributed by atoms with Gasteiger partial charge in [-0.05, 0) is 28.6 Å². The summed E-state index contributed by atoms with van der Waals surface area (Å²) in [6.07, 6.45) is 6.72. The van der Waals surface area contributed by atoms with E-state index in [1.165, 1.54) is 85.4 Å². The van der Waals surface area contributed by atoms with Gasteiger partial charge in [0.25, 0.3) is 0 Å². The molecule has 2 fully saturated rings. The van der Waals surface area contributed by atoms with E-state index in [1.54, 1.807) is 24.4 Å². The number of carbonyl (C=O) groups excluding carboxylic acids is 1. The SMILES string of the molecule is CC(=O)OCSc1ncnc2c1ncn2CN1CCOCC1.CCCCCSc1nc(N)nc2nc[nH]c12.N#CCSc1nc(N)nc2nc[nH]c12.Nc1nc(Sc2cc([N+](=O)[O-])c3nonc3c2)c2ncn(C3OC(CO)C(O)C3O)c2n1. The lowest BCUT2D eigenvalue weighted by molar-refractivity contribution is -0.383. The highest BCUT2D eigenvalue weighted by Crippen LogP contribution is 2.38. The number of ether oxygens (including phenoxy) is 3. The average molecular weight is 1230 g/mol. The molecule has 2 saturated heterocycles. The van der Waals surface area contributed by atoms with Crippen molar-refractivity contribution >= 4 is 132 Å². The lowest BCUT2D eigenvalue weighted by Gasteiger charge is -2.26. The van der Waals surface area contributed by atoms with Crippen LogP contribution < -0.4 is 17.2 Å². The number of imidazole rings is 4. The van der Waals surface area contributed by atoms with Crippen LogP contribution in [-0.4, -0.2) is 189 Å². The Morgan fingerprint density at radius 1 is 0.833 bits per heavy atom. The predicted molar refractivity (Wildman–Crippen MR) is 304 cm³/mol. The molecule has 9 aromatic heterocycles. The van der Waals surface area contributed by atoms with Crippen molar-refractivity contribution in [3.63, 3.8) is 0 Å². The highest BCUT2D eigenvalue weighted by molar-refractivity contribution is 8.00. The standard InChI is InChI=1S/C16H14N8O7S.C13H17N5O3S.C10H15N5S.C7H6N6S/c17-16-19-13-10(18-4-23(13)15-12(27)11(26)8(3-25)30-15)14(20-16)32-5-1-6-9(22-31-21-6)7(2-5)24(28)29;1-10(19)21-9-22-13-11-12(14-6-15-13)18(7-16-11)8-17-2-4-20-5-3-17;1-2-3-4-5-16-9-7-8(13-6-12-7)14-10(11)15-9;8-1-2-14-6-4-5(11-3-10-4)12-7(9)13-6/h1-2,4,8,11-12,15,25-27H,3H2,(H2,17,19,20);6-7H,2-5,8-9H2,1H3;6H,2-5H2,1H3,(H3,11,12,13,14,15);3H,2H2,(H3,9,10,11,12,13). The number of hydrogen-bond acceptors (Lipinski definition) is 33. The summed E-state index contributed by atoms with van der Waals surface area (Å²) in [6.45, 7) is 7.13. The smallest absolute Gasteiger partial charge is 0.303 e. The number of non-ortho nitro benzene ring substituents is 1. The maximum absolute atomic E-state index is 11.4. The number of carbonyl (C=O) groups is 1. The van der Waals surface area contributed by atoms with Crippen molar-refractivity contribution < 1.29 is 43.9 Å². The van der Waals surface area contributed by atoms with E-state index in [-0.39, 0.29) is 62.7 Å². The number of aromatic amines is 2. The van der Waals surface area contributed by atoms with Gasteiger partial charge in [0.15, 0.2) is 28.8 Å². The fourth-order valence-electron chi connectivity index (χ4n) is 8.10. The van der Waals surface area contributed by atoms with Crippen LogP contribution in [0.15, 0.2) is 73.4 Å². The van der Waals surface area contributed by atoms with Gasteiger partial charge in [0.05, 0.1) is 68.5 Å². The van der Waals surface area contributed by atoms with E-state index in [4.69, 9.17) is 36.7 Å². The van der Waals surface area contributed by atoms with Crippen LogP contribution in [0.25, 0.3) is 55.7 Å². The normalized spacial score (nSPS) is 16.9. The number of aliphatic hydroxyl groups excluding tert-OH is 3. The molecule has 10 aromatic rings. The number of nitriles is 1. The van der Waals surface area contributed by atoms with Gasteiger partial charge in [-0.15, -0.1) is 11.8 Å². The molecule has 0 aliphatic carbocycles. The first-order chi connectivity index (χ1) is 40.7. The molecule has 0 saturated carbocycles. The number of aliphatic hydroxyl groups is 3. The molecule has 2 aliphatic rings. The number of anilines is 3. The Balaban J connectivity index is 0.000000142. The zero-order valence-electron chi connectivity index (χ0n) is 44.4. The van der Waals surface area contributed by atoms with E-state index >= 15 is 0 Å². The number of aromatic nitrogens is 18. The lowest BCUT2D eigenvalue weighted by atomic mass is 10.1. The van der Waals surface area contributed by atoms with Crippen molar-refractivity contribution in [3.8, 4) is 6.07 Å². The van der Waals surface area contributed by atoms with Gasteiger partial charge in [-0.25, -0.2) is 49.5 Å². The van der Waals surface area contributed by atoms with Gasteiger partial charge < -0.3 is 61.3 Å². The number of nitrogens with two attached hydrogens (primary N) is 3. The maximum Gasteiger partial charge on any atom is 0.303 e. The van der Waals surface area contributed by atoms with Crippen LogP contribution in [0.4, 0.5) is 23.5 Å². The summed E-state index contributed by atoms with van der Waals surface area (Å²) in [5.74, 6) is 1.63. The minimum Gasteiger partial charge on any atom is -0.454 e. The number of hydrogen-bond donors (Lipinski definition) is 8. The predicted octanol–water partition coefficient (Wildman–Crippen LogP) is 3.11. The molecule has 0 radical (unpaired) electrons. The maximum atomic E-state index is 11.4. The number of benzene rings is 1. The Bertz CT molecular complexity index is 3930. The molecular formula is C46H52N24O10S4. The number of unbranched alkanes of at least 4 members (excludes halogenated alkanes) is 2. The first kappa shape index (κ1) is 60.3. The van der Waals surface area contributed by atoms with Crippen LogP contribution in [0.5, 0.6) is 0 Å². The van der Waals surface area contributed by atoms with Gasteiger partial charge in [0.2, 0.25) is 23.4 Å². The monoisotopic (exact) mass is 1230 g/mol. The summed E-state index contributed by atoms with van der Waals surface area (Å²) in [5, 5.41) is 59.3. The highest BCUT2D eigenvalue weighted by Gasteiger charge is 2.44. The van der Waals surface area contributed by atoms with Crippen molar-refractivity contribution in [1.29, 1.82) is 5.26 Å². The molecule has 38 heteroatoms. The van der Waals surface area contributed by atoms with Gasteiger partial charge in [-0.3, -0.25) is 24.4 Å². The van der Waals surface area contributed by atoms with Gasteiger partial charge in [-0.1, -0.05) is 55.1 Å². The number of esters is 1. The van der Waals surface area contributed by atoms with Crippen LogP contribution in [0.1, 0.15) is 39.3 Å².